The molecule has 1 aromatic heterocycles. The van der Waals surface area contributed by atoms with Crippen LogP contribution in [-0.2, 0) is 4.79 Å². The standard InChI is InChI=1S/C14H15N3O3S/c1-9-15-16-14(20-9)21-12(13(18)19)8-10-4-6-11(7-5-10)17(2)3/h4-8H,1-3H3,(H,18,19)/p-1/b12-8+. The first-order valence-corrected chi connectivity index (χ1v) is 6.96. The Morgan fingerprint density at radius 1 is 1.29 bits per heavy atom. The molecule has 0 fully saturated rings. The summed E-state index contributed by atoms with van der Waals surface area (Å²) < 4.78 is 5.15. The lowest BCUT2D eigenvalue weighted by Crippen LogP contribution is -2.23. The number of benzene rings is 1. The van der Waals surface area contributed by atoms with Gasteiger partial charge in [-0.3, -0.25) is 0 Å². The predicted molar refractivity (Wildman–Crippen MR) is 78.6 cm³/mol. The molecule has 0 saturated carbocycles. The molecule has 0 radical (unpaired) electrons. The quantitative estimate of drug-likeness (QED) is 0.608. The third kappa shape index (κ3) is 4.09. The number of carboxylic acids is 1. The molecule has 0 spiro atoms. The van der Waals surface area contributed by atoms with E-state index in [-0.39, 0.29) is 10.1 Å². The maximum absolute atomic E-state index is 11.2. The van der Waals surface area contributed by atoms with Crippen molar-refractivity contribution in [2.75, 3.05) is 19.0 Å². The molecule has 7 heteroatoms. The van der Waals surface area contributed by atoms with Crippen molar-refractivity contribution >= 4 is 29.5 Å². The van der Waals surface area contributed by atoms with Crippen molar-refractivity contribution in [2.45, 2.75) is 12.1 Å². The van der Waals surface area contributed by atoms with Crippen molar-refractivity contribution in [2.24, 2.45) is 0 Å². The fourth-order valence-electron chi connectivity index (χ4n) is 1.56. The highest BCUT2D eigenvalue weighted by molar-refractivity contribution is 8.03. The summed E-state index contributed by atoms with van der Waals surface area (Å²) >= 11 is 0.871. The van der Waals surface area contributed by atoms with Crippen molar-refractivity contribution < 1.29 is 14.3 Å². The molecule has 0 aliphatic carbocycles. The van der Waals surface area contributed by atoms with Crippen LogP contribution in [0.25, 0.3) is 6.08 Å². The van der Waals surface area contributed by atoms with Gasteiger partial charge in [-0.15, -0.1) is 10.2 Å². The topological polar surface area (TPSA) is 82.3 Å². The zero-order valence-corrected chi connectivity index (χ0v) is 12.7. The zero-order chi connectivity index (χ0) is 15.4. The second-order valence-electron chi connectivity index (χ2n) is 4.47. The summed E-state index contributed by atoms with van der Waals surface area (Å²) in [6.07, 6.45) is 1.51. The number of aromatic nitrogens is 2. The fraction of sp³-hybridized carbons (Fsp3) is 0.214. The number of nitrogens with zero attached hydrogens (tertiary/aromatic N) is 3. The van der Waals surface area contributed by atoms with Crippen molar-refractivity contribution in [1.82, 2.24) is 10.2 Å². The van der Waals surface area contributed by atoms with Gasteiger partial charge in [0.2, 0.25) is 5.89 Å². The summed E-state index contributed by atoms with van der Waals surface area (Å²) in [6, 6.07) is 7.47. The van der Waals surface area contributed by atoms with E-state index in [1.54, 1.807) is 6.92 Å². The summed E-state index contributed by atoms with van der Waals surface area (Å²) in [5.41, 5.74) is 1.78. The Bertz CT molecular complexity index is 662. The molecule has 110 valence electrons. The number of carboxylic acid groups (broad SMARTS) is 1. The third-order valence-corrected chi connectivity index (χ3v) is 3.46. The number of thioether (sulfide) groups is 1. The Morgan fingerprint density at radius 3 is 2.43 bits per heavy atom. The fourth-order valence-corrected chi connectivity index (χ4v) is 2.27. The van der Waals surface area contributed by atoms with Gasteiger partial charge in [-0.1, -0.05) is 12.1 Å². The molecule has 6 nitrogen and oxygen atoms in total. The molecule has 2 aromatic rings. The van der Waals surface area contributed by atoms with E-state index in [0.717, 1.165) is 23.0 Å². The van der Waals surface area contributed by atoms with Gasteiger partial charge >= 0.3 is 0 Å². The number of hydrogen-bond acceptors (Lipinski definition) is 7. The van der Waals surface area contributed by atoms with Gasteiger partial charge in [-0.25, -0.2) is 0 Å². The SMILES string of the molecule is Cc1nnc(S/C(=C/c2ccc(N(C)C)cc2)C(=O)[O-])o1. The van der Waals surface area contributed by atoms with Crippen LogP contribution in [0.5, 0.6) is 0 Å². The Kier molecular flexibility index (Phi) is 4.64. The second-order valence-corrected chi connectivity index (χ2v) is 5.46. The molecular weight excluding hydrogens is 290 g/mol. The minimum atomic E-state index is -1.28. The smallest absolute Gasteiger partial charge is 0.281 e. The maximum atomic E-state index is 11.2. The third-order valence-electron chi connectivity index (χ3n) is 2.61. The summed E-state index contributed by atoms with van der Waals surface area (Å²) in [5.74, 6) is -0.905. The lowest BCUT2D eigenvalue weighted by molar-refractivity contribution is -0.298. The first kappa shape index (κ1) is 15.1. The van der Waals surface area contributed by atoms with E-state index in [1.165, 1.54) is 6.08 Å². The number of rotatable bonds is 5. The van der Waals surface area contributed by atoms with Gasteiger partial charge in [-0.05, 0) is 35.5 Å². The highest BCUT2D eigenvalue weighted by Crippen LogP contribution is 2.27. The van der Waals surface area contributed by atoms with E-state index in [2.05, 4.69) is 10.2 Å². The molecule has 1 heterocycles. The van der Waals surface area contributed by atoms with E-state index in [9.17, 15) is 9.90 Å². The first-order valence-electron chi connectivity index (χ1n) is 6.14. The zero-order valence-electron chi connectivity index (χ0n) is 11.9. The van der Waals surface area contributed by atoms with Crippen molar-refractivity contribution in [3.05, 3.63) is 40.6 Å². The molecule has 1 aromatic carbocycles. The van der Waals surface area contributed by atoms with Crippen molar-refractivity contribution in [3.63, 3.8) is 0 Å². The van der Waals surface area contributed by atoms with E-state index in [0.29, 0.717) is 5.89 Å². The van der Waals surface area contributed by atoms with Crippen LogP contribution in [0.1, 0.15) is 11.5 Å². The van der Waals surface area contributed by atoms with Gasteiger partial charge in [-0.2, -0.15) is 0 Å². The van der Waals surface area contributed by atoms with Crippen LogP contribution >= 0.6 is 11.8 Å². The Hall–Kier alpha value is -2.28. The first-order chi connectivity index (χ1) is 9.95. The van der Waals surface area contributed by atoms with E-state index < -0.39 is 5.97 Å². The molecule has 0 unspecified atom stereocenters. The Balaban J connectivity index is 2.22. The molecule has 2 rings (SSSR count). The van der Waals surface area contributed by atoms with E-state index in [1.807, 2.05) is 43.3 Å². The molecule has 0 amide bonds. The van der Waals surface area contributed by atoms with Gasteiger partial charge in [0.25, 0.3) is 5.22 Å². The molecular formula is C14H14N3O3S-. The highest BCUT2D eigenvalue weighted by atomic mass is 32.2. The van der Waals surface area contributed by atoms with Gasteiger partial charge in [0.15, 0.2) is 0 Å². The maximum Gasteiger partial charge on any atom is 0.281 e. The number of hydrogen-bond donors (Lipinski definition) is 0. The molecule has 0 aliphatic rings. The molecule has 0 N–H and O–H groups in total. The average Bonchev–Trinajstić information content (AvgIpc) is 2.84. The Morgan fingerprint density at radius 2 is 1.95 bits per heavy atom. The second kappa shape index (κ2) is 6.45. The summed E-state index contributed by atoms with van der Waals surface area (Å²) in [6.45, 7) is 1.64. The summed E-state index contributed by atoms with van der Waals surface area (Å²) in [7, 11) is 3.87. The molecule has 21 heavy (non-hydrogen) atoms. The molecule has 0 saturated heterocycles. The minimum absolute atomic E-state index is 0.0104. The largest absolute Gasteiger partial charge is 0.544 e. The average molecular weight is 304 g/mol. The highest BCUT2D eigenvalue weighted by Gasteiger charge is 2.09. The van der Waals surface area contributed by atoms with Crippen LogP contribution < -0.4 is 10.0 Å². The minimum Gasteiger partial charge on any atom is -0.544 e. The Labute approximate surface area is 126 Å². The van der Waals surface area contributed by atoms with Crippen LogP contribution in [-0.4, -0.2) is 30.3 Å². The van der Waals surface area contributed by atoms with Crippen LogP contribution in [0.15, 0.2) is 38.8 Å². The number of carbonyl (C=O) groups excluding carboxylic acids is 1. The van der Waals surface area contributed by atoms with Crippen LogP contribution in [0.2, 0.25) is 0 Å². The molecule has 0 bridgehead atoms. The summed E-state index contributed by atoms with van der Waals surface area (Å²) in [5, 5.41) is 18.8. The lowest BCUT2D eigenvalue weighted by Gasteiger charge is -2.12. The van der Waals surface area contributed by atoms with Gasteiger partial charge < -0.3 is 19.2 Å². The van der Waals surface area contributed by atoms with Gasteiger partial charge in [0, 0.05) is 31.6 Å². The van der Waals surface area contributed by atoms with E-state index in [4.69, 9.17) is 4.42 Å². The molecule has 0 aliphatic heterocycles. The number of anilines is 1. The monoisotopic (exact) mass is 304 g/mol. The predicted octanol–water partition coefficient (Wildman–Crippen LogP) is 1.33. The van der Waals surface area contributed by atoms with Gasteiger partial charge in [0.1, 0.15) is 0 Å². The number of aliphatic carboxylic acids is 1. The normalized spacial score (nSPS) is 11.5. The molecule has 0 atom stereocenters. The number of aryl methyl sites for hydroxylation is 1. The lowest BCUT2D eigenvalue weighted by atomic mass is 10.2. The van der Waals surface area contributed by atoms with Crippen molar-refractivity contribution in [1.29, 1.82) is 0 Å². The van der Waals surface area contributed by atoms with Gasteiger partial charge in [0.05, 0.1) is 5.97 Å². The number of carbonyl (C=O) groups is 1. The van der Waals surface area contributed by atoms with Crippen LogP contribution in [0, 0.1) is 6.92 Å². The summed E-state index contributed by atoms with van der Waals surface area (Å²) in [4.78, 5) is 13.2. The van der Waals surface area contributed by atoms with E-state index >= 15 is 0 Å². The van der Waals surface area contributed by atoms with Crippen LogP contribution in [0.3, 0.4) is 0 Å². The van der Waals surface area contributed by atoms with Crippen LogP contribution in [0.4, 0.5) is 5.69 Å². The van der Waals surface area contributed by atoms with Crippen molar-refractivity contribution in [3.8, 4) is 0 Å².